The van der Waals surface area contributed by atoms with Crippen molar-refractivity contribution in [2.45, 2.75) is 30.7 Å². The average Bonchev–Trinajstić information content (AvgIpc) is 2.92. The summed E-state index contributed by atoms with van der Waals surface area (Å²) >= 11 is 1.53. The molecule has 0 bridgehead atoms. The standard InChI is InChI=1S/C14H17NO3S2/c1-2-5-13(14-8-4-9-19-14)15-20(17,18)12-7-3-6-11(16)10-12/h3-4,6-10,13,15-16H,2,5H2,1H3. The maximum Gasteiger partial charge on any atom is 0.241 e. The first kappa shape index (κ1) is 15.0. The topological polar surface area (TPSA) is 66.4 Å². The second kappa shape index (κ2) is 6.39. The zero-order valence-corrected chi connectivity index (χ0v) is 12.7. The largest absolute Gasteiger partial charge is 0.508 e. The van der Waals surface area contributed by atoms with Gasteiger partial charge >= 0.3 is 0 Å². The van der Waals surface area contributed by atoms with Crippen molar-refractivity contribution in [2.24, 2.45) is 0 Å². The molecular weight excluding hydrogens is 294 g/mol. The molecule has 0 radical (unpaired) electrons. The van der Waals surface area contributed by atoms with E-state index in [1.165, 1.54) is 35.6 Å². The van der Waals surface area contributed by atoms with Crippen molar-refractivity contribution >= 4 is 21.4 Å². The van der Waals surface area contributed by atoms with E-state index in [-0.39, 0.29) is 16.7 Å². The molecule has 1 heterocycles. The predicted octanol–water partition coefficient (Wildman–Crippen LogP) is 3.27. The van der Waals surface area contributed by atoms with Crippen LogP contribution in [0.4, 0.5) is 0 Å². The fourth-order valence-corrected chi connectivity index (χ4v) is 4.12. The quantitative estimate of drug-likeness (QED) is 0.860. The van der Waals surface area contributed by atoms with Crippen LogP contribution in [0.1, 0.15) is 30.7 Å². The summed E-state index contributed by atoms with van der Waals surface area (Å²) in [4.78, 5) is 1.07. The Labute approximate surface area is 123 Å². The summed E-state index contributed by atoms with van der Waals surface area (Å²) < 4.78 is 27.4. The molecule has 1 atom stereocenters. The minimum absolute atomic E-state index is 0.0592. The van der Waals surface area contributed by atoms with Crippen LogP contribution in [-0.4, -0.2) is 13.5 Å². The molecule has 2 rings (SSSR count). The number of thiophene rings is 1. The molecule has 1 aromatic carbocycles. The first-order valence-electron chi connectivity index (χ1n) is 6.37. The van der Waals surface area contributed by atoms with E-state index in [9.17, 15) is 13.5 Å². The lowest BCUT2D eigenvalue weighted by atomic mass is 10.1. The maximum absolute atomic E-state index is 12.3. The summed E-state index contributed by atoms with van der Waals surface area (Å²) in [5.41, 5.74) is 0. The zero-order valence-electron chi connectivity index (χ0n) is 11.1. The summed E-state index contributed by atoms with van der Waals surface area (Å²) in [5.74, 6) is -0.0592. The number of hydrogen-bond acceptors (Lipinski definition) is 4. The van der Waals surface area contributed by atoms with Crippen LogP contribution in [0.5, 0.6) is 5.75 Å². The smallest absolute Gasteiger partial charge is 0.241 e. The molecule has 108 valence electrons. The molecule has 0 aliphatic rings. The minimum Gasteiger partial charge on any atom is -0.508 e. The molecule has 20 heavy (non-hydrogen) atoms. The molecule has 1 unspecified atom stereocenters. The van der Waals surface area contributed by atoms with Crippen LogP contribution >= 0.6 is 11.3 Å². The Bertz CT molecular complexity index is 651. The second-order valence-corrected chi connectivity index (χ2v) is 7.17. The van der Waals surface area contributed by atoms with Crippen molar-refractivity contribution in [1.82, 2.24) is 4.72 Å². The molecule has 0 saturated heterocycles. The highest BCUT2D eigenvalue weighted by Crippen LogP contribution is 2.26. The number of nitrogens with one attached hydrogen (secondary N) is 1. The lowest BCUT2D eigenvalue weighted by Crippen LogP contribution is -2.28. The summed E-state index contributed by atoms with van der Waals surface area (Å²) in [6.45, 7) is 2.02. The Balaban J connectivity index is 2.25. The number of hydrogen-bond donors (Lipinski definition) is 2. The summed E-state index contributed by atoms with van der Waals surface area (Å²) in [6.07, 6.45) is 1.61. The number of benzene rings is 1. The lowest BCUT2D eigenvalue weighted by Gasteiger charge is -2.17. The summed E-state index contributed by atoms with van der Waals surface area (Å²) in [5, 5.41) is 11.3. The van der Waals surface area contributed by atoms with Gasteiger partial charge in [0.15, 0.2) is 0 Å². The van der Waals surface area contributed by atoms with Gasteiger partial charge in [-0.15, -0.1) is 11.3 Å². The van der Waals surface area contributed by atoms with E-state index in [4.69, 9.17) is 0 Å². The van der Waals surface area contributed by atoms with Crippen LogP contribution in [0.25, 0.3) is 0 Å². The van der Waals surface area contributed by atoms with E-state index in [1.54, 1.807) is 0 Å². The van der Waals surface area contributed by atoms with Gasteiger partial charge in [0.05, 0.1) is 10.9 Å². The molecule has 0 aliphatic heterocycles. The molecule has 2 N–H and O–H groups in total. The van der Waals surface area contributed by atoms with E-state index in [0.29, 0.717) is 0 Å². The Morgan fingerprint density at radius 3 is 2.70 bits per heavy atom. The normalized spacial score (nSPS) is 13.2. The molecule has 0 amide bonds. The Hall–Kier alpha value is -1.37. The van der Waals surface area contributed by atoms with Gasteiger partial charge in [-0.25, -0.2) is 13.1 Å². The van der Waals surface area contributed by atoms with Crippen LogP contribution < -0.4 is 4.72 Å². The monoisotopic (exact) mass is 311 g/mol. The van der Waals surface area contributed by atoms with Gasteiger partial charge in [0.2, 0.25) is 10.0 Å². The van der Waals surface area contributed by atoms with Crippen molar-refractivity contribution in [2.75, 3.05) is 0 Å². The van der Waals surface area contributed by atoms with E-state index < -0.39 is 10.0 Å². The average molecular weight is 311 g/mol. The van der Waals surface area contributed by atoms with Crippen LogP contribution in [0, 0.1) is 0 Å². The van der Waals surface area contributed by atoms with Crippen LogP contribution in [0.2, 0.25) is 0 Å². The first-order chi connectivity index (χ1) is 9.53. The molecule has 0 saturated carbocycles. The third-order valence-electron chi connectivity index (χ3n) is 2.89. The van der Waals surface area contributed by atoms with Gasteiger partial charge in [-0.1, -0.05) is 25.5 Å². The van der Waals surface area contributed by atoms with Gasteiger partial charge < -0.3 is 5.11 Å². The van der Waals surface area contributed by atoms with Gasteiger partial charge in [0, 0.05) is 4.88 Å². The molecule has 6 heteroatoms. The lowest BCUT2D eigenvalue weighted by molar-refractivity contribution is 0.472. The Kier molecular flexibility index (Phi) is 4.80. The molecule has 1 aromatic heterocycles. The fourth-order valence-electron chi connectivity index (χ4n) is 1.94. The number of sulfonamides is 1. The third-order valence-corrected chi connectivity index (χ3v) is 5.34. The van der Waals surface area contributed by atoms with Gasteiger partial charge in [0.1, 0.15) is 5.75 Å². The molecular formula is C14H17NO3S2. The van der Waals surface area contributed by atoms with E-state index in [1.807, 2.05) is 24.4 Å². The Morgan fingerprint density at radius 1 is 1.30 bits per heavy atom. The predicted molar refractivity (Wildman–Crippen MR) is 80.4 cm³/mol. The van der Waals surface area contributed by atoms with Gasteiger partial charge in [-0.05, 0) is 36.1 Å². The molecule has 4 nitrogen and oxygen atoms in total. The van der Waals surface area contributed by atoms with Crippen molar-refractivity contribution in [3.63, 3.8) is 0 Å². The highest BCUT2D eigenvalue weighted by atomic mass is 32.2. The van der Waals surface area contributed by atoms with E-state index in [0.717, 1.165) is 17.7 Å². The van der Waals surface area contributed by atoms with Crippen molar-refractivity contribution in [3.05, 3.63) is 46.7 Å². The number of phenols is 1. The SMILES string of the molecule is CCCC(NS(=O)(=O)c1cccc(O)c1)c1cccs1. The highest BCUT2D eigenvalue weighted by molar-refractivity contribution is 7.89. The van der Waals surface area contributed by atoms with Gasteiger partial charge in [0.25, 0.3) is 0 Å². The zero-order chi connectivity index (χ0) is 14.6. The van der Waals surface area contributed by atoms with Crippen molar-refractivity contribution < 1.29 is 13.5 Å². The molecule has 0 spiro atoms. The summed E-state index contributed by atoms with van der Waals surface area (Å²) in [7, 11) is -3.63. The summed E-state index contributed by atoms with van der Waals surface area (Å²) in [6, 6.07) is 9.29. The van der Waals surface area contributed by atoms with E-state index in [2.05, 4.69) is 4.72 Å². The van der Waals surface area contributed by atoms with Gasteiger partial charge in [-0.2, -0.15) is 0 Å². The number of phenolic OH excluding ortho intramolecular Hbond substituents is 1. The van der Waals surface area contributed by atoms with Crippen LogP contribution in [0.15, 0.2) is 46.7 Å². The van der Waals surface area contributed by atoms with Gasteiger partial charge in [-0.3, -0.25) is 0 Å². The fraction of sp³-hybridized carbons (Fsp3) is 0.286. The number of rotatable bonds is 6. The molecule has 0 aliphatic carbocycles. The van der Waals surface area contributed by atoms with Crippen molar-refractivity contribution in [1.29, 1.82) is 0 Å². The first-order valence-corrected chi connectivity index (χ1v) is 8.74. The van der Waals surface area contributed by atoms with Crippen LogP contribution in [-0.2, 0) is 10.0 Å². The highest BCUT2D eigenvalue weighted by Gasteiger charge is 2.21. The Morgan fingerprint density at radius 2 is 2.10 bits per heavy atom. The van der Waals surface area contributed by atoms with Crippen LogP contribution in [0.3, 0.4) is 0 Å². The minimum atomic E-state index is -3.63. The van der Waals surface area contributed by atoms with Crippen molar-refractivity contribution in [3.8, 4) is 5.75 Å². The molecule has 2 aromatic rings. The molecule has 0 fully saturated rings. The maximum atomic E-state index is 12.3. The van der Waals surface area contributed by atoms with E-state index >= 15 is 0 Å². The number of aromatic hydroxyl groups is 1. The second-order valence-electron chi connectivity index (χ2n) is 4.48. The third kappa shape index (κ3) is 3.59.